The summed E-state index contributed by atoms with van der Waals surface area (Å²) >= 11 is 0. The highest BCUT2D eigenvalue weighted by Crippen LogP contribution is 2.69. The molecule has 2 nitrogen and oxygen atoms in total. The van der Waals surface area contributed by atoms with E-state index in [1.54, 1.807) is 11.1 Å². The lowest BCUT2D eigenvalue weighted by atomic mass is 9.43. The fourth-order valence-electron chi connectivity index (χ4n) is 11.8. The Morgan fingerprint density at radius 1 is 0.500 bits per heavy atom. The Bertz CT molecular complexity index is 2620. The molecule has 6 aromatic carbocycles. The number of nitrogens with zero attached hydrogens (tertiary/aromatic N) is 1. The number of aromatic nitrogens is 1. The first-order valence-corrected chi connectivity index (χ1v) is 17.9. The highest BCUT2D eigenvalue weighted by molar-refractivity contribution is 6.19. The SMILES string of the molecule is c1ccc2c(c1)-c1ccc(-n3c4ccccc4c4cccc(-c5cccc6oc7ccccc7c56)c43)cc1C21C2CC3CC(C2)CC1C3. The van der Waals surface area contributed by atoms with Crippen LogP contribution in [0.2, 0.25) is 0 Å². The summed E-state index contributed by atoms with van der Waals surface area (Å²) in [6.45, 7) is 0. The Morgan fingerprint density at radius 3 is 2.02 bits per heavy atom. The Balaban J connectivity index is 1.16. The van der Waals surface area contributed by atoms with Gasteiger partial charge in [0.05, 0.1) is 11.0 Å². The van der Waals surface area contributed by atoms with Crippen LogP contribution in [0.3, 0.4) is 0 Å². The van der Waals surface area contributed by atoms with E-state index in [9.17, 15) is 0 Å². The first-order chi connectivity index (χ1) is 23.8. The van der Waals surface area contributed by atoms with Crippen molar-refractivity contribution in [3.63, 3.8) is 0 Å². The van der Waals surface area contributed by atoms with Gasteiger partial charge in [-0.15, -0.1) is 0 Å². The molecular formula is C46H35NO. The number of fused-ring (bicyclic) bond motifs is 9. The molecule has 13 rings (SSSR count). The molecule has 1 spiro atoms. The molecule has 8 aromatic rings. The molecule has 4 bridgehead atoms. The smallest absolute Gasteiger partial charge is 0.136 e. The van der Waals surface area contributed by atoms with Gasteiger partial charge in [-0.1, -0.05) is 97.1 Å². The number of hydrogen-bond donors (Lipinski definition) is 0. The molecule has 0 aliphatic heterocycles. The summed E-state index contributed by atoms with van der Waals surface area (Å²) in [7, 11) is 0. The maximum atomic E-state index is 6.39. The van der Waals surface area contributed by atoms with Gasteiger partial charge in [0.1, 0.15) is 11.2 Å². The van der Waals surface area contributed by atoms with Crippen molar-refractivity contribution in [2.75, 3.05) is 0 Å². The minimum absolute atomic E-state index is 0.137. The van der Waals surface area contributed by atoms with Crippen LogP contribution in [0.5, 0.6) is 0 Å². The number of hydrogen-bond acceptors (Lipinski definition) is 1. The van der Waals surface area contributed by atoms with E-state index in [-0.39, 0.29) is 5.41 Å². The van der Waals surface area contributed by atoms with Crippen molar-refractivity contribution in [3.8, 4) is 27.9 Å². The zero-order chi connectivity index (χ0) is 31.1. The molecule has 0 unspecified atom stereocenters. The summed E-state index contributed by atoms with van der Waals surface area (Å²) in [5.41, 5.74) is 14.5. The topological polar surface area (TPSA) is 18.1 Å². The molecular weight excluding hydrogens is 583 g/mol. The minimum Gasteiger partial charge on any atom is -0.456 e. The van der Waals surface area contributed by atoms with Gasteiger partial charge in [0.25, 0.3) is 0 Å². The van der Waals surface area contributed by atoms with Gasteiger partial charge in [-0.05, 0) is 114 Å². The predicted octanol–water partition coefficient (Wildman–Crippen LogP) is 12.1. The van der Waals surface area contributed by atoms with Crippen molar-refractivity contribution in [1.82, 2.24) is 4.57 Å². The van der Waals surface area contributed by atoms with Crippen molar-refractivity contribution in [1.29, 1.82) is 0 Å². The standard InChI is InChI=1S/C46H35NO/c1-4-15-39-32(9-1)33-20-19-31(26-40(33)46(39)29-22-27-21-28(24-29)25-30(46)23-27)47-41-16-5-2-10-34(41)36-13-7-14-37(45(36)47)35-12-8-18-43-44(35)38-11-3-6-17-42(38)48-43/h1-20,26-30H,21-25H2. The van der Waals surface area contributed by atoms with Crippen LogP contribution in [-0.2, 0) is 5.41 Å². The van der Waals surface area contributed by atoms with Crippen LogP contribution in [0.15, 0.2) is 132 Å². The Labute approximate surface area is 279 Å². The fraction of sp³-hybridized carbons (Fsp3) is 0.217. The summed E-state index contributed by atoms with van der Waals surface area (Å²) in [4.78, 5) is 0. The van der Waals surface area contributed by atoms with Crippen molar-refractivity contribution in [2.45, 2.75) is 37.5 Å². The number of rotatable bonds is 2. The predicted molar refractivity (Wildman–Crippen MR) is 197 cm³/mol. The number of para-hydroxylation sites is 3. The van der Waals surface area contributed by atoms with E-state index in [4.69, 9.17) is 4.42 Å². The van der Waals surface area contributed by atoms with E-state index < -0.39 is 0 Å². The van der Waals surface area contributed by atoms with Gasteiger partial charge in [0.15, 0.2) is 0 Å². The van der Waals surface area contributed by atoms with E-state index in [0.29, 0.717) is 0 Å². The van der Waals surface area contributed by atoms with Crippen molar-refractivity contribution in [3.05, 3.63) is 139 Å². The maximum Gasteiger partial charge on any atom is 0.136 e. The lowest BCUT2D eigenvalue weighted by Gasteiger charge is -2.61. The highest BCUT2D eigenvalue weighted by Gasteiger charge is 2.61. The highest BCUT2D eigenvalue weighted by atomic mass is 16.3. The lowest BCUT2D eigenvalue weighted by molar-refractivity contribution is -0.0399. The molecule has 0 radical (unpaired) electrons. The molecule has 4 fully saturated rings. The average Bonchev–Trinajstić information content (AvgIpc) is 3.77. The quantitative estimate of drug-likeness (QED) is 0.189. The molecule has 5 aliphatic rings. The van der Waals surface area contributed by atoms with Crippen LogP contribution >= 0.6 is 0 Å². The van der Waals surface area contributed by atoms with Crippen molar-refractivity contribution >= 4 is 43.7 Å². The van der Waals surface area contributed by atoms with Crippen LogP contribution in [0.25, 0.3) is 71.7 Å². The molecule has 2 heterocycles. The molecule has 2 heteroatoms. The maximum absolute atomic E-state index is 6.39. The fourth-order valence-corrected chi connectivity index (χ4v) is 11.8. The van der Waals surface area contributed by atoms with Crippen molar-refractivity contribution in [2.24, 2.45) is 23.7 Å². The van der Waals surface area contributed by atoms with E-state index in [0.717, 1.165) is 34.8 Å². The molecule has 5 aliphatic carbocycles. The zero-order valence-corrected chi connectivity index (χ0v) is 26.8. The van der Waals surface area contributed by atoms with E-state index in [1.807, 2.05) is 0 Å². The second-order valence-electron chi connectivity index (χ2n) is 15.3. The molecule has 48 heavy (non-hydrogen) atoms. The van der Waals surface area contributed by atoms with Crippen LogP contribution in [0.4, 0.5) is 0 Å². The third-order valence-electron chi connectivity index (χ3n) is 13.2. The zero-order valence-electron chi connectivity index (χ0n) is 26.8. The van der Waals surface area contributed by atoms with Crippen LogP contribution in [0, 0.1) is 23.7 Å². The van der Waals surface area contributed by atoms with E-state index in [1.165, 1.54) is 92.6 Å². The third kappa shape index (κ3) is 3.10. The van der Waals surface area contributed by atoms with E-state index in [2.05, 4.69) is 132 Å². The molecule has 0 saturated heterocycles. The monoisotopic (exact) mass is 617 g/mol. The summed E-state index contributed by atoms with van der Waals surface area (Å²) in [5, 5.41) is 4.95. The summed E-state index contributed by atoms with van der Waals surface area (Å²) in [5.74, 6) is 3.34. The number of benzene rings is 6. The largest absolute Gasteiger partial charge is 0.456 e. The Hall–Kier alpha value is -5.08. The molecule has 4 saturated carbocycles. The van der Waals surface area contributed by atoms with E-state index >= 15 is 0 Å². The molecule has 2 aromatic heterocycles. The van der Waals surface area contributed by atoms with Crippen LogP contribution in [0.1, 0.15) is 43.2 Å². The summed E-state index contributed by atoms with van der Waals surface area (Å²) in [6.07, 6.45) is 7.06. The molecule has 230 valence electrons. The van der Waals surface area contributed by atoms with Crippen LogP contribution < -0.4 is 0 Å². The van der Waals surface area contributed by atoms with Gasteiger partial charge in [0.2, 0.25) is 0 Å². The van der Waals surface area contributed by atoms with Crippen molar-refractivity contribution < 1.29 is 4.42 Å². The first-order valence-electron chi connectivity index (χ1n) is 17.9. The van der Waals surface area contributed by atoms with Gasteiger partial charge in [-0.25, -0.2) is 0 Å². The Kier molecular flexibility index (Phi) is 4.91. The summed E-state index contributed by atoms with van der Waals surface area (Å²) in [6, 6.07) is 47.8. The molecule has 0 atom stereocenters. The number of furan rings is 1. The normalized spacial score (nSPS) is 25.2. The Morgan fingerprint density at radius 2 is 1.15 bits per heavy atom. The molecule has 0 N–H and O–H groups in total. The molecule has 0 amide bonds. The van der Waals surface area contributed by atoms with Crippen LogP contribution in [-0.4, -0.2) is 4.57 Å². The van der Waals surface area contributed by atoms with Gasteiger partial charge in [-0.2, -0.15) is 0 Å². The average molecular weight is 618 g/mol. The first kappa shape index (κ1) is 25.9. The van der Waals surface area contributed by atoms with Gasteiger partial charge < -0.3 is 8.98 Å². The van der Waals surface area contributed by atoms with Gasteiger partial charge in [0, 0.05) is 38.2 Å². The minimum atomic E-state index is 0.137. The van der Waals surface area contributed by atoms with Gasteiger partial charge >= 0.3 is 0 Å². The lowest BCUT2D eigenvalue weighted by Crippen LogP contribution is -2.55. The third-order valence-corrected chi connectivity index (χ3v) is 13.2. The second kappa shape index (κ2) is 9.08. The summed E-state index contributed by atoms with van der Waals surface area (Å²) < 4.78 is 8.96. The second-order valence-corrected chi connectivity index (χ2v) is 15.3. The van der Waals surface area contributed by atoms with Gasteiger partial charge in [-0.3, -0.25) is 0 Å².